The largest absolute Gasteiger partial charge is 0.506 e. The summed E-state index contributed by atoms with van der Waals surface area (Å²) in [5.41, 5.74) is 2.89. The van der Waals surface area contributed by atoms with Crippen LogP contribution in [0.2, 0.25) is 5.02 Å². The summed E-state index contributed by atoms with van der Waals surface area (Å²) in [6.45, 7) is 1.94. The number of rotatable bonds is 4. The second-order valence-electron chi connectivity index (χ2n) is 4.41. The van der Waals surface area contributed by atoms with Gasteiger partial charge in [-0.3, -0.25) is 0 Å². The summed E-state index contributed by atoms with van der Waals surface area (Å²) in [7, 11) is 0. The number of anilines is 1. The molecule has 0 saturated carbocycles. The zero-order valence-corrected chi connectivity index (χ0v) is 11.4. The molecule has 4 heteroatoms. The molecule has 0 fully saturated rings. The summed E-state index contributed by atoms with van der Waals surface area (Å²) in [5.74, 6) is 0.0398. The van der Waals surface area contributed by atoms with Crippen LogP contribution in [0.3, 0.4) is 0 Å². The van der Waals surface area contributed by atoms with E-state index in [1.54, 1.807) is 12.1 Å². The van der Waals surface area contributed by atoms with Crippen LogP contribution in [0.5, 0.6) is 5.75 Å². The van der Waals surface area contributed by atoms with Gasteiger partial charge in [-0.05, 0) is 36.2 Å². The molecule has 2 aromatic carbocycles. The molecular weight excluding hydrogens is 262 g/mol. The minimum Gasteiger partial charge on any atom is -0.506 e. The van der Waals surface area contributed by atoms with Crippen molar-refractivity contribution in [3.8, 4) is 5.75 Å². The average Bonchev–Trinajstić information content (AvgIpc) is 2.41. The predicted octanol–water partition coefficient (Wildman–Crippen LogP) is 3.50. The molecule has 0 radical (unpaired) electrons. The topological polar surface area (TPSA) is 52.5 Å². The Bertz CT molecular complexity index is 572. The molecule has 1 atom stereocenters. The third-order valence-corrected chi connectivity index (χ3v) is 3.33. The van der Waals surface area contributed by atoms with Gasteiger partial charge >= 0.3 is 0 Å². The standard InChI is InChI=1S/C15H16ClNO2/c1-10-4-2-3-5-13(10)17-14(9-18)11-6-7-15(19)12(16)8-11/h2-8,14,17-19H,9H2,1H3. The van der Waals surface area contributed by atoms with Gasteiger partial charge in [0.05, 0.1) is 17.7 Å². The lowest BCUT2D eigenvalue weighted by Gasteiger charge is -2.20. The Morgan fingerprint density at radius 1 is 1.21 bits per heavy atom. The molecule has 0 aliphatic carbocycles. The van der Waals surface area contributed by atoms with Crippen LogP contribution in [-0.2, 0) is 0 Å². The van der Waals surface area contributed by atoms with Gasteiger partial charge in [0.15, 0.2) is 0 Å². The van der Waals surface area contributed by atoms with Crippen molar-refractivity contribution in [2.75, 3.05) is 11.9 Å². The normalized spacial score (nSPS) is 12.2. The number of benzene rings is 2. The van der Waals surface area contributed by atoms with Crippen molar-refractivity contribution >= 4 is 17.3 Å². The molecule has 0 aliphatic heterocycles. The van der Waals surface area contributed by atoms with E-state index >= 15 is 0 Å². The first-order valence-electron chi connectivity index (χ1n) is 6.03. The fraction of sp³-hybridized carbons (Fsp3) is 0.200. The van der Waals surface area contributed by atoms with Gasteiger partial charge in [-0.25, -0.2) is 0 Å². The number of nitrogens with one attached hydrogen (secondary N) is 1. The Hall–Kier alpha value is -1.71. The van der Waals surface area contributed by atoms with Crippen molar-refractivity contribution in [2.24, 2.45) is 0 Å². The maximum Gasteiger partial charge on any atom is 0.134 e. The van der Waals surface area contributed by atoms with Gasteiger partial charge in [-0.2, -0.15) is 0 Å². The molecule has 0 bridgehead atoms. The Morgan fingerprint density at radius 2 is 1.95 bits per heavy atom. The number of hydrogen-bond donors (Lipinski definition) is 3. The van der Waals surface area contributed by atoms with Gasteiger partial charge in [0.2, 0.25) is 0 Å². The molecule has 1 unspecified atom stereocenters. The summed E-state index contributed by atoms with van der Waals surface area (Å²) in [5, 5.41) is 22.5. The number of phenolic OH excluding ortho intramolecular Hbond substituents is 1. The quantitative estimate of drug-likeness (QED) is 0.802. The number of aliphatic hydroxyl groups is 1. The van der Waals surface area contributed by atoms with Crippen LogP contribution in [-0.4, -0.2) is 16.8 Å². The number of aryl methyl sites for hydroxylation is 1. The van der Waals surface area contributed by atoms with Gasteiger partial charge in [-0.15, -0.1) is 0 Å². The summed E-state index contributed by atoms with van der Waals surface area (Å²) < 4.78 is 0. The smallest absolute Gasteiger partial charge is 0.134 e. The minimum absolute atomic E-state index is 0.0398. The Kier molecular flexibility index (Phi) is 4.30. The molecule has 0 amide bonds. The van der Waals surface area contributed by atoms with Crippen molar-refractivity contribution in [1.29, 1.82) is 0 Å². The molecular formula is C15H16ClNO2. The Morgan fingerprint density at radius 3 is 2.58 bits per heavy atom. The third-order valence-electron chi connectivity index (χ3n) is 3.03. The molecule has 2 aromatic rings. The highest BCUT2D eigenvalue weighted by Gasteiger charge is 2.12. The van der Waals surface area contributed by atoms with E-state index in [1.165, 1.54) is 6.07 Å². The SMILES string of the molecule is Cc1ccccc1NC(CO)c1ccc(O)c(Cl)c1. The van der Waals surface area contributed by atoms with E-state index in [-0.39, 0.29) is 23.4 Å². The first-order valence-corrected chi connectivity index (χ1v) is 6.41. The van der Waals surface area contributed by atoms with E-state index in [1.807, 2.05) is 31.2 Å². The van der Waals surface area contributed by atoms with Crippen molar-refractivity contribution < 1.29 is 10.2 Å². The van der Waals surface area contributed by atoms with Crippen LogP contribution in [0, 0.1) is 6.92 Å². The monoisotopic (exact) mass is 277 g/mol. The maximum atomic E-state index is 9.52. The summed E-state index contributed by atoms with van der Waals surface area (Å²) in [6, 6.07) is 12.5. The van der Waals surface area contributed by atoms with Crippen LogP contribution in [0.25, 0.3) is 0 Å². The molecule has 100 valence electrons. The minimum atomic E-state index is -0.265. The summed E-state index contributed by atoms with van der Waals surface area (Å²) >= 11 is 5.89. The summed E-state index contributed by atoms with van der Waals surface area (Å²) in [4.78, 5) is 0. The van der Waals surface area contributed by atoms with Crippen LogP contribution < -0.4 is 5.32 Å². The molecule has 2 rings (SSSR count). The number of halogens is 1. The van der Waals surface area contributed by atoms with Gasteiger partial charge in [-0.1, -0.05) is 35.9 Å². The maximum absolute atomic E-state index is 9.52. The lowest BCUT2D eigenvalue weighted by atomic mass is 10.1. The number of aromatic hydroxyl groups is 1. The second kappa shape index (κ2) is 5.95. The highest BCUT2D eigenvalue weighted by atomic mass is 35.5. The molecule has 0 aromatic heterocycles. The lowest BCUT2D eigenvalue weighted by Crippen LogP contribution is -2.15. The number of phenols is 1. The average molecular weight is 278 g/mol. The predicted molar refractivity (Wildman–Crippen MR) is 77.7 cm³/mol. The molecule has 0 spiro atoms. The van der Waals surface area contributed by atoms with Gasteiger partial charge in [0.25, 0.3) is 0 Å². The zero-order valence-electron chi connectivity index (χ0n) is 10.6. The highest BCUT2D eigenvalue weighted by molar-refractivity contribution is 6.32. The van der Waals surface area contributed by atoms with E-state index in [4.69, 9.17) is 11.6 Å². The molecule has 0 heterocycles. The lowest BCUT2D eigenvalue weighted by molar-refractivity contribution is 0.276. The van der Waals surface area contributed by atoms with E-state index in [2.05, 4.69) is 5.32 Å². The third kappa shape index (κ3) is 3.19. The van der Waals surface area contributed by atoms with Crippen LogP contribution >= 0.6 is 11.6 Å². The fourth-order valence-electron chi connectivity index (χ4n) is 1.90. The van der Waals surface area contributed by atoms with Crippen LogP contribution in [0.1, 0.15) is 17.2 Å². The Balaban J connectivity index is 2.25. The molecule has 0 aliphatic rings. The van der Waals surface area contributed by atoms with Crippen LogP contribution in [0.15, 0.2) is 42.5 Å². The second-order valence-corrected chi connectivity index (χ2v) is 4.81. The number of para-hydroxylation sites is 1. The van der Waals surface area contributed by atoms with Crippen molar-refractivity contribution in [2.45, 2.75) is 13.0 Å². The van der Waals surface area contributed by atoms with Gasteiger partial charge in [0.1, 0.15) is 5.75 Å². The van der Waals surface area contributed by atoms with Crippen molar-refractivity contribution in [1.82, 2.24) is 0 Å². The van der Waals surface area contributed by atoms with E-state index < -0.39 is 0 Å². The van der Waals surface area contributed by atoms with Crippen molar-refractivity contribution in [3.05, 3.63) is 58.6 Å². The Labute approximate surface area is 117 Å². The highest BCUT2D eigenvalue weighted by Crippen LogP contribution is 2.28. The first-order chi connectivity index (χ1) is 9.11. The molecule has 0 saturated heterocycles. The zero-order chi connectivity index (χ0) is 13.8. The summed E-state index contributed by atoms with van der Waals surface area (Å²) in [6.07, 6.45) is 0. The van der Waals surface area contributed by atoms with Gasteiger partial charge < -0.3 is 15.5 Å². The fourth-order valence-corrected chi connectivity index (χ4v) is 2.09. The first kappa shape index (κ1) is 13.7. The number of hydrogen-bond acceptors (Lipinski definition) is 3. The molecule has 3 N–H and O–H groups in total. The van der Waals surface area contributed by atoms with Gasteiger partial charge in [0, 0.05) is 5.69 Å². The van der Waals surface area contributed by atoms with E-state index in [9.17, 15) is 10.2 Å². The number of aliphatic hydroxyl groups excluding tert-OH is 1. The van der Waals surface area contributed by atoms with Crippen LogP contribution in [0.4, 0.5) is 5.69 Å². The molecule has 19 heavy (non-hydrogen) atoms. The van der Waals surface area contributed by atoms with Crippen molar-refractivity contribution in [3.63, 3.8) is 0 Å². The van der Waals surface area contributed by atoms with E-state index in [0.29, 0.717) is 0 Å². The molecule has 3 nitrogen and oxygen atoms in total. The van der Waals surface area contributed by atoms with E-state index in [0.717, 1.165) is 16.8 Å².